The molecule has 0 bridgehead atoms. The highest BCUT2D eigenvalue weighted by Gasteiger charge is 2.41. The normalized spacial score (nSPS) is 18.6. The molecule has 1 aromatic heterocycles. The summed E-state index contributed by atoms with van der Waals surface area (Å²) in [7, 11) is 3.24. The third-order valence-electron chi connectivity index (χ3n) is 9.36. The molecular formula is C35H34Cl2N4O5. The lowest BCUT2D eigenvalue weighted by Gasteiger charge is -2.41. The molecule has 238 valence electrons. The SMILES string of the molecule is COc1cc(-c2cccc(-c3cccc(-c4cnc(CN5CC(O)C5)c(OC)n4)c3Cl)c2Cl)cc2c1[C@@H](N1CC(C(=O)O)C1)CC2. The molecule has 2 N–H and O–H groups in total. The van der Waals surface area contributed by atoms with Gasteiger partial charge in [0.25, 0.3) is 0 Å². The highest BCUT2D eigenvalue weighted by Crippen LogP contribution is 2.48. The van der Waals surface area contributed by atoms with Crippen molar-refractivity contribution in [3.8, 4) is 45.1 Å². The lowest BCUT2D eigenvalue weighted by molar-refractivity contribution is -0.148. The van der Waals surface area contributed by atoms with E-state index in [0.717, 1.165) is 46.4 Å². The van der Waals surface area contributed by atoms with Gasteiger partial charge in [-0.2, -0.15) is 0 Å². The number of fused-ring (bicyclic) bond motifs is 1. The number of methoxy groups -OCH3 is 2. The fourth-order valence-corrected chi connectivity index (χ4v) is 7.56. The molecule has 0 saturated carbocycles. The van der Waals surface area contributed by atoms with Crippen LogP contribution >= 0.6 is 23.2 Å². The third kappa shape index (κ3) is 5.50. The van der Waals surface area contributed by atoms with E-state index in [4.69, 9.17) is 37.7 Å². The van der Waals surface area contributed by atoms with Gasteiger partial charge in [-0.3, -0.25) is 19.6 Å². The van der Waals surface area contributed by atoms with E-state index in [2.05, 4.69) is 20.9 Å². The van der Waals surface area contributed by atoms with Crippen LogP contribution in [0.5, 0.6) is 11.6 Å². The summed E-state index contributed by atoms with van der Waals surface area (Å²) in [5, 5.41) is 20.1. The number of aryl methyl sites for hydroxylation is 1. The molecule has 0 radical (unpaired) electrons. The highest BCUT2D eigenvalue weighted by molar-refractivity contribution is 6.39. The molecule has 0 unspecified atom stereocenters. The molecule has 3 aliphatic rings. The number of rotatable bonds is 9. The predicted molar refractivity (Wildman–Crippen MR) is 177 cm³/mol. The lowest BCUT2D eigenvalue weighted by atomic mass is 9.92. The zero-order valence-electron chi connectivity index (χ0n) is 25.5. The minimum absolute atomic E-state index is 0.150. The lowest BCUT2D eigenvalue weighted by Crippen LogP contribution is -2.51. The third-order valence-corrected chi connectivity index (χ3v) is 10.2. The van der Waals surface area contributed by atoms with Gasteiger partial charge in [-0.1, -0.05) is 65.7 Å². The second kappa shape index (κ2) is 12.5. The van der Waals surface area contributed by atoms with Crippen LogP contribution in [-0.2, 0) is 17.8 Å². The van der Waals surface area contributed by atoms with Crippen LogP contribution in [0.15, 0.2) is 54.7 Å². The van der Waals surface area contributed by atoms with Crippen LogP contribution in [0.3, 0.4) is 0 Å². The molecular weight excluding hydrogens is 627 g/mol. The molecule has 2 saturated heterocycles. The Bertz CT molecular complexity index is 1820. The maximum Gasteiger partial charge on any atom is 0.309 e. The van der Waals surface area contributed by atoms with E-state index in [0.29, 0.717) is 65.6 Å². The number of carboxylic acid groups (broad SMARTS) is 1. The van der Waals surface area contributed by atoms with Gasteiger partial charge in [0.2, 0.25) is 5.88 Å². The summed E-state index contributed by atoms with van der Waals surface area (Å²) in [5.41, 5.74) is 7.69. The smallest absolute Gasteiger partial charge is 0.309 e. The zero-order chi connectivity index (χ0) is 32.1. The molecule has 2 aliphatic heterocycles. The Labute approximate surface area is 277 Å². The van der Waals surface area contributed by atoms with E-state index < -0.39 is 5.97 Å². The Kier molecular flexibility index (Phi) is 8.37. The van der Waals surface area contributed by atoms with Crippen LogP contribution in [0.2, 0.25) is 10.0 Å². The molecule has 9 nitrogen and oxygen atoms in total. The second-order valence-electron chi connectivity index (χ2n) is 12.2. The molecule has 0 spiro atoms. The zero-order valence-corrected chi connectivity index (χ0v) is 27.1. The van der Waals surface area contributed by atoms with Crippen molar-refractivity contribution in [1.29, 1.82) is 0 Å². The van der Waals surface area contributed by atoms with Gasteiger partial charge >= 0.3 is 5.97 Å². The first-order chi connectivity index (χ1) is 22.2. The Balaban J connectivity index is 1.20. The average Bonchev–Trinajstić information content (AvgIpc) is 3.43. The van der Waals surface area contributed by atoms with Crippen molar-refractivity contribution in [2.75, 3.05) is 40.4 Å². The number of benzene rings is 3. The Morgan fingerprint density at radius 3 is 2.28 bits per heavy atom. The van der Waals surface area contributed by atoms with Crippen LogP contribution in [0.1, 0.15) is 29.3 Å². The number of hydrogen-bond donors (Lipinski definition) is 2. The molecule has 0 amide bonds. The van der Waals surface area contributed by atoms with Crippen molar-refractivity contribution < 1.29 is 24.5 Å². The molecule has 2 fully saturated rings. The number of aliphatic hydroxyl groups is 1. The first-order valence-electron chi connectivity index (χ1n) is 15.3. The summed E-state index contributed by atoms with van der Waals surface area (Å²) < 4.78 is 11.5. The number of carbonyl (C=O) groups is 1. The van der Waals surface area contributed by atoms with Gasteiger partial charge in [0, 0.05) is 66.6 Å². The van der Waals surface area contributed by atoms with Crippen LogP contribution in [-0.4, -0.2) is 82.5 Å². The van der Waals surface area contributed by atoms with Gasteiger partial charge in [0.15, 0.2) is 0 Å². The number of aromatic nitrogens is 2. The summed E-state index contributed by atoms with van der Waals surface area (Å²) in [6, 6.07) is 16.0. The van der Waals surface area contributed by atoms with E-state index >= 15 is 0 Å². The first-order valence-corrected chi connectivity index (χ1v) is 16.1. The molecule has 46 heavy (non-hydrogen) atoms. The van der Waals surface area contributed by atoms with E-state index in [1.165, 1.54) is 5.56 Å². The Morgan fingerprint density at radius 2 is 1.63 bits per heavy atom. The Morgan fingerprint density at radius 1 is 0.957 bits per heavy atom. The molecule has 4 aromatic rings. The van der Waals surface area contributed by atoms with Gasteiger partial charge < -0.3 is 19.7 Å². The van der Waals surface area contributed by atoms with Crippen molar-refractivity contribution in [2.45, 2.75) is 31.5 Å². The van der Waals surface area contributed by atoms with Crippen LogP contribution in [0.25, 0.3) is 33.5 Å². The predicted octanol–water partition coefficient (Wildman–Crippen LogP) is 5.98. The van der Waals surface area contributed by atoms with Gasteiger partial charge in [0.05, 0.1) is 48.2 Å². The summed E-state index contributed by atoms with van der Waals surface area (Å²) in [6.07, 6.45) is 3.21. The van der Waals surface area contributed by atoms with E-state index in [-0.39, 0.29) is 18.1 Å². The molecule has 3 heterocycles. The second-order valence-corrected chi connectivity index (χ2v) is 12.9. The number of aliphatic carboxylic acids is 1. The van der Waals surface area contributed by atoms with E-state index in [9.17, 15) is 15.0 Å². The summed E-state index contributed by atoms with van der Waals surface area (Å²) in [5.74, 6) is 0.170. The van der Waals surface area contributed by atoms with Crippen molar-refractivity contribution in [3.05, 3.63) is 81.6 Å². The Hall–Kier alpha value is -3.73. The number of likely N-dealkylation sites (tertiary alicyclic amines) is 2. The summed E-state index contributed by atoms with van der Waals surface area (Å²) >= 11 is 14.2. The molecule has 7 rings (SSSR count). The molecule has 3 aromatic carbocycles. The quantitative estimate of drug-likeness (QED) is 0.224. The topological polar surface area (TPSA) is 108 Å². The number of carboxylic acids is 1. The van der Waals surface area contributed by atoms with Crippen molar-refractivity contribution >= 4 is 29.2 Å². The molecule has 1 atom stereocenters. The summed E-state index contributed by atoms with van der Waals surface area (Å²) in [6.45, 7) is 2.87. The van der Waals surface area contributed by atoms with Crippen molar-refractivity contribution in [2.24, 2.45) is 5.92 Å². The number of aliphatic hydroxyl groups excluding tert-OH is 1. The number of β-amino-alcohol motifs (C(OH)–C–C–N with tert-alkyl or cyclic N) is 1. The monoisotopic (exact) mass is 660 g/mol. The minimum atomic E-state index is -0.734. The largest absolute Gasteiger partial charge is 0.496 e. The number of ether oxygens (including phenoxy) is 2. The van der Waals surface area contributed by atoms with Crippen LogP contribution < -0.4 is 9.47 Å². The fourth-order valence-electron chi connectivity index (χ4n) is 6.90. The van der Waals surface area contributed by atoms with Gasteiger partial charge in [-0.05, 0) is 30.0 Å². The van der Waals surface area contributed by atoms with Crippen molar-refractivity contribution in [3.63, 3.8) is 0 Å². The van der Waals surface area contributed by atoms with Crippen molar-refractivity contribution in [1.82, 2.24) is 19.8 Å². The van der Waals surface area contributed by atoms with E-state index in [1.807, 2.05) is 42.5 Å². The standard InChI is InChI=1S/C35H34Cl2N4O5/c1-45-30-12-20(11-19-9-10-29(31(19)30)41-14-21(15-41)35(43)44)23-5-3-6-24(32(23)36)25-7-4-8-26(33(25)37)27-13-38-28(34(39-27)46-2)18-40-16-22(42)17-40/h3-8,11-13,21-22,29,42H,9-10,14-18H2,1-2H3,(H,43,44)/t29-/m0/s1. The number of halogens is 2. The van der Waals surface area contributed by atoms with Crippen LogP contribution in [0, 0.1) is 5.92 Å². The van der Waals surface area contributed by atoms with Gasteiger partial charge in [-0.25, -0.2) is 4.98 Å². The maximum atomic E-state index is 11.4. The highest BCUT2D eigenvalue weighted by atomic mass is 35.5. The molecule has 1 aliphatic carbocycles. The van der Waals surface area contributed by atoms with Crippen LogP contribution in [0.4, 0.5) is 0 Å². The maximum absolute atomic E-state index is 11.4. The van der Waals surface area contributed by atoms with E-state index in [1.54, 1.807) is 20.4 Å². The average molecular weight is 662 g/mol. The fraction of sp³-hybridized carbons (Fsp3) is 0.343. The van der Waals surface area contributed by atoms with Gasteiger partial charge in [-0.15, -0.1) is 0 Å². The molecule has 11 heteroatoms. The minimum Gasteiger partial charge on any atom is -0.496 e. The number of hydrogen-bond acceptors (Lipinski definition) is 8. The number of nitrogens with zero attached hydrogens (tertiary/aromatic N) is 4. The van der Waals surface area contributed by atoms with Gasteiger partial charge in [0.1, 0.15) is 11.4 Å². The summed E-state index contributed by atoms with van der Waals surface area (Å²) in [4.78, 5) is 25.1. The first kappa shape index (κ1) is 30.9.